The maximum Gasteiger partial charge on any atom is 0.404 e. The first-order valence-electron chi connectivity index (χ1n) is 2.52. The molecule has 0 heterocycles. The Kier molecular flexibility index (Phi) is 4.44. The lowest BCUT2D eigenvalue weighted by Gasteiger charge is -2.07. The second-order valence-corrected chi connectivity index (χ2v) is 1.93. The predicted molar refractivity (Wildman–Crippen MR) is 33.7 cm³/mol. The molecular formula is C5H9ClO3. The van der Waals surface area contributed by atoms with Crippen molar-refractivity contribution >= 4 is 17.0 Å². The molecule has 0 saturated carbocycles. The molecule has 0 aromatic carbocycles. The lowest BCUT2D eigenvalue weighted by Crippen LogP contribution is -2.15. The van der Waals surface area contributed by atoms with Gasteiger partial charge in [-0.3, -0.25) is 0 Å². The van der Waals surface area contributed by atoms with Crippen LogP contribution in [0.5, 0.6) is 0 Å². The van der Waals surface area contributed by atoms with Crippen molar-refractivity contribution in [3.8, 4) is 0 Å². The van der Waals surface area contributed by atoms with Crippen molar-refractivity contribution in [1.29, 1.82) is 0 Å². The number of carbonyl (C=O) groups excluding carboxylic acids is 1. The van der Waals surface area contributed by atoms with E-state index in [0.29, 0.717) is 6.61 Å². The molecule has 0 radical (unpaired) electrons. The summed E-state index contributed by atoms with van der Waals surface area (Å²) in [6.45, 7) is 2.07. The van der Waals surface area contributed by atoms with Crippen LogP contribution in [-0.2, 0) is 9.47 Å². The molecule has 0 aliphatic rings. The van der Waals surface area contributed by atoms with E-state index in [1.165, 1.54) is 7.11 Å². The van der Waals surface area contributed by atoms with Crippen LogP contribution < -0.4 is 0 Å². The fourth-order valence-electron chi connectivity index (χ4n) is 0.427. The van der Waals surface area contributed by atoms with E-state index in [9.17, 15) is 4.79 Å². The number of rotatable bonds is 3. The molecule has 1 atom stereocenters. The van der Waals surface area contributed by atoms with E-state index in [4.69, 9.17) is 11.6 Å². The zero-order valence-electron chi connectivity index (χ0n) is 5.39. The van der Waals surface area contributed by atoms with Gasteiger partial charge in [-0.25, -0.2) is 4.79 Å². The summed E-state index contributed by atoms with van der Waals surface area (Å²) in [4.78, 5) is 10.0. The molecule has 0 aliphatic heterocycles. The Labute approximate surface area is 58.9 Å². The third-order valence-corrected chi connectivity index (χ3v) is 0.784. The van der Waals surface area contributed by atoms with Crippen molar-refractivity contribution in [2.24, 2.45) is 0 Å². The molecule has 0 N–H and O–H groups in total. The van der Waals surface area contributed by atoms with Gasteiger partial charge >= 0.3 is 5.43 Å². The topological polar surface area (TPSA) is 35.5 Å². The Morgan fingerprint density at radius 1 is 1.78 bits per heavy atom. The van der Waals surface area contributed by atoms with Crippen LogP contribution in [-0.4, -0.2) is 25.2 Å². The third kappa shape index (κ3) is 5.59. The van der Waals surface area contributed by atoms with Crippen LogP contribution in [0, 0.1) is 0 Å². The quantitative estimate of drug-likeness (QED) is 0.574. The molecule has 0 aliphatic carbocycles. The Morgan fingerprint density at radius 2 is 2.33 bits per heavy atom. The van der Waals surface area contributed by atoms with Crippen LogP contribution in [0.4, 0.5) is 4.79 Å². The minimum atomic E-state index is -0.792. The normalized spacial score (nSPS) is 12.8. The molecule has 0 unspecified atom stereocenters. The molecule has 0 aromatic heterocycles. The zero-order valence-corrected chi connectivity index (χ0v) is 6.14. The molecule has 0 spiro atoms. The van der Waals surface area contributed by atoms with E-state index >= 15 is 0 Å². The summed E-state index contributed by atoms with van der Waals surface area (Å²) in [6.07, 6.45) is -0.264. The number of carbonyl (C=O) groups is 1. The van der Waals surface area contributed by atoms with Gasteiger partial charge in [0.25, 0.3) is 0 Å². The fourth-order valence-corrected chi connectivity index (χ4v) is 0.579. The third-order valence-electron chi connectivity index (χ3n) is 0.695. The molecule has 54 valence electrons. The van der Waals surface area contributed by atoms with Crippen molar-refractivity contribution < 1.29 is 14.3 Å². The first-order valence-corrected chi connectivity index (χ1v) is 2.89. The maximum absolute atomic E-state index is 10.0. The van der Waals surface area contributed by atoms with Crippen molar-refractivity contribution in [3.63, 3.8) is 0 Å². The van der Waals surface area contributed by atoms with Crippen molar-refractivity contribution in [3.05, 3.63) is 0 Å². The van der Waals surface area contributed by atoms with E-state index in [1.54, 1.807) is 6.92 Å². The van der Waals surface area contributed by atoms with Crippen LogP contribution in [0.2, 0.25) is 0 Å². The van der Waals surface area contributed by atoms with Crippen LogP contribution in [0.1, 0.15) is 6.92 Å². The standard InChI is InChI=1S/C5H9ClO3/c1-4(3-8-2)9-5(6)7/h4H,3H2,1-2H3/t4-/m1/s1. The molecule has 0 fully saturated rings. The summed E-state index contributed by atoms with van der Waals surface area (Å²) >= 11 is 4.89. The molecule has 0 rings (SSSR count). The number of methoxy groups -OCH3 is 1. The summed E-state index contributed by atoms with van der Waals surface area (Å²) < 4.78 is 9.16. The van der Waals surface area contributed by atoms with Gasteiger partial charge in [-0.05, 0) is 6.92 Å². The van der Waals surface area contributed by atoms with Crippen molar-refractivity contribution in [2.45, 2.75) is 13.0 Å². The average Bonchev–Trinajstić information content (AvgIpc) is 1.63. The smallest absolute Gasteiger partial charge is 0.404 e. The Hall–Kier alpha value is -0.280. The van der Waals surface area contributed by atoms with E-state index in [1.807, 2.05) is 0 Å². The van der Waals surface area contributed by atoms with Gasteiger partial charge in [0.15, 0.2) is 0 Å². The van der Waals surface area contributed by atoms with Crippen LogP contribution in [0.25, 0.3) is 0 Å². The van der Waals surface area contributed by atoms with Gasteiger partial charge in [0.2, 0.25) is 0 Å². The first kappa shape index (κ1) is 8.72. The number of ether oxygens (including phenoxy) is 2. The fraction of sp³-hybridized carbons (Fsp3) is 0.800. The van der Waals surface area contributed by atoms with Gasteiger partial charge in [0.1, 0.15) is 6.10 Å². The SMILES string of the molecule is COC[C@@H](C)OC(=O)Cl. The minimum Gasteiger partial charge on any atom is -0.448 e. The summed E-state index contributed by atoms with van der Waals surface area (Å²) in [5.74, 6) is 0. The predicted octanol–water partition coefficient (Wildman–Crippen LogP) is 1.40. The van der Waals surface area contributed by atoms with Gasteiger partial charge in [-0.15, -0.1) is 0 Å². The van der Waals surface area contributed by atoms with Crippen LogP contribution in [0.3, 0.4) is 0 Å². The molecule has 9 heavy (non-hydrogen) atoms. The highest BCUT2D eigenvalue weighted by atomic mass is 35.5. The summed E-state index contributed by atoms with van der Waals surface area (Å²) in [5.41, 5.74) is -0.792. The number of hydrogen-bond donors (Lipinski definition) is 0. The van der Waals surface area contributed by atoms with E-state index < -0.39 is 5.43 Å². The largest absolute Gasteiger partial charge is 0.448 e. The van der Waals surface area contributed by atoms with Crippen molar-refractivity contribution in [2.75, 3.05) is 13.7 Å². The number of hydrogen-bond acceptors (Lipinski definition) is 3. The summed E-state index contributed by atoms with van der Waals surface area (Å²) in [7, 11) is 1.53. The first-order chi connectivity index (χ1) is 4.16. The molecular weight excluding hydrogens is 144 g/mol. The summed E-state index contributed by atoms with van der Waals surface area (Å²) in [5, 5.41) is 0. The Bertz CT molecular complexity index is 94.2. The lowest BCUT2D eigenvalue weighted by atomic mass is 10.4. The highest BCUT2D eigenvalue weighted by molar-refractivity contribution is 6.61. The number of halogens is 1. The molecule has 0 bridgehead atoms. The van der Waals surface area contributed by atoms with Gasteiger partial charge < -0.3 is 9.47 Å². The Morgan fingerprint density at radius 3 is 2.67 bits per heavy atom. The average molecular weight is 153 g/mol. The van der Waals surface area contributed by atoms with Crippen LogP contribution >= 0.6 is 11.6 Å². The highest BCUT2D eigenvalue weighted by Gasteiger charge is 2.04. The molecule has 0 saturated heterocycles. The van der Waals surface area contributed by atoms with E-state index in [2.05, 4.69) is 9.47 Å². The van der Waals surface area contributed by atoms with Crippen molar-refractivity contribution in [1.82, 2.24) is 0 Å². The zero-order chi connectivity index (χ0) is 7.28. The molecule has 4 heteroatoms. The van der Waals surface area contributed by atoms with E-state index in [0.717, 1.165) is 0 Å². The van der Waals surface area contributed by atoms with Crippen LogP contribution in [0.15, 0.2) is 0 Å². The second-order valence-electron chi connectivity index (χ2n) is 1.62. The van der Waals surface area contributed by atoms with Gasteiger partial charge in [0.05, 0.1) is 6.61 Å². The van der Waals surface area contributed by atoms with Gasteiger partial charge in [0, 0.05) is 18.7 Å². The molecule has 3 nitrogen and oxygen atoms in total. The Balaban J connectivity index is 3.26. The monoisotopic (exact) mass is 152 g/mol. The van der Waals surface area contributed by atoms with E-state index in [-0.39, 0.29) is 6.10 Å². The van der Waals surface area contributed by atoms with Gasteiger partial charge in [-0.2, -0.15) is 0 Å². The highest BCUT2D eigenvalue weighted by Crippen LogP contribution is 1.95. The second kappa shape index (κ2) is 4.58. The minimum absolute atomic E-state index is 0.264. The summed E-state index contributed by atoms with van der Waals surface area (Å²) in [6, 6.07) is 0. The molecule has 0 amide bonds. The molecule has 0 aromatic rings. The lowest BCUT2D eigenvalue weighted by molar-refractivity contribution is 0.0621. The maximum atomic E-state index is 10.0. The van der Waals surface area contributed by atoms with Gasteiger partial charge in [-0.1, -0.05) is 0 Å².